The van der Waals surface area contributed by atoms with Gasteiger partial charge >= 0.3 is 0 Å². The number of carbonyl (C=O) groups excluding carboxylic acids is 1. The molecule has 2 aromatic carbocycles. The number of imidazole rings is 1. The van der Waals surface area contributed by atoms with E-state index >= 15 is 0 Å². The van der Waals surface area contributed by atoms with Crippen molar-refractivity contribution in [2.75, 3.05) is 18.2 Å². The highest BCUT2D eigenvalue weighted by Gasteiger charge is 2.24. The first-order valence-corrected chi connectivity index (χ1v) is 10.4. The first kappa shape index (κ1) is 21.2. The Morgan fingerprint density at radius 2 is 2.00 bits per heavy atom. The molecule has 6 N–H and O–H groups in total. The van der Waals surface area contributed by atoms with Crippen molar-refractivity contribution in [1.82, 2.24) is 19.9 Å². The van der Waals surface area contributed by atoms with Crippen molar-refractivity contribution in [1.29, 1.82) is 0 Å². The van der Waals surface area contributed by atoms with Crippen LogP contribution in [0.2, 0.25) is 0 Å². The van der Waals surface area contributed by atoms with Crippen molar-refractivity contribution in [3.63, 3.8) is 0 Å². The van der Waals surface area contributed by atoms with Crippen LogP contribution < -0.4 is 15.8 Å². The lowest BCUT2D eigenvalue weighted by atomic mass is 10.1. The van der Waals surface area contributed by atoms with Crippen LogP contribution >= 0.6 is 11.8 Å². The second-order valence-electron chi connectivity index (χ2n) is 6.84. The fraction of sp³-hybridized carbons (Fsp3) is 0.143. The number of nitrogen functional groups attached to an aromatic ring is 1. The Labute approximate surface area is 186 Å². The summed E-state index contributed by atoms with van der Waals surface area (Å²) >= 11 is 1.22. The zero-order valence-electron chi connectivity index (χ0n) is 16.9. The molecule has 164 valence electrons. The van der Waals surface area contributed by atoms with E-state index in [4.69, 9.17) is 10.5 Å². The maximum atomic E-state index is 13.2. The highest BCUT2D eigenvalue weighted by Crippen LogP contribution is 2.32. The zero-order chi connectivity index (χ0) is 22.7. The molecule has 0 saturated heterocycles. The lowest BCUT2D eigenvalue weighted by Gasteiger charge is -2.17. The SMILES string of the molecule is COc1cc(NC(=O)[C@H](Cc2ccc(O)cc2)Sc2nc(N)nc3nc[nH]c23)ccc1O. The number of nitrogens with zero attached hydrogens (tertiary/aromatic N) is 3. The number of aromatic amines is 1. The van der Waals surface area contributed by atoms with Crippen molar-refractivity contribution in [3.8, 4) is 17.2 Å². The molecule has 0 aliphatic heterocycles. The molecule has 0 fully saturated rings. The van der Waals surface area contributed by atoms with Gasteiger partial charge in [-0.25, -0.2) is 9.97 Å². The Morgan fingerprint density at radius 3 is 2.75 bits per heavy atom. The third-order valence-corrected chi connectivity index (χ3v) is 5.80. The Balaban J connectivity index is 1.64. The molecule has 4 aromatic rings. The monoisotopic (exact) mass is 452 g/mol. The number of methoxy groups -OCH3 is 1. The molecule has 0 saturated carbocycles. The zero-order valence-corrected chi connectivity index (χ0v) is 17.8. The summed E-state index contributed by atoms with van der Waals surface area (Å²) in [6.45, 7) is 0. The smallest absolute Gasteiger partial charge is 0.238 e. The normalized spacial score (nSPS) is 11.9. The van der Waals surface area contributed by atoms with Gasteiger partial charge in [-0.1, -0.05) is 23.9 Å². The molecule has 0 spiro atoms. The van der Waals surface area contributed by atoms with Gasteiger partial charge in [0, 0.05) is 11.8 Å². The van der Waals surface area contributed by atoms with E-state index in [0.29, 0.717) is 28.3 Å². The minimum atomic E-state index is -0.611. The van der Waals surface area contributed by atoms with E-state index in [0.717, 1.165) is 5.56 Å². The molecular weight excluding hydrogens is 432 g/mol. The van der Waals surface area contributed by atoms with Crippen LogP contribution in [0.1, 0.15) is 5.56 Å². The lowest BCUT2D eigenvalue weighted by Crippen LogP contribution is -2.27. The fourth-order valence-electron chi connectivity index (χ4n) is 3.05. The van der Waals surface area contributed by atoms with Gasteiger partial charge in [0.05, 0.1) is 18.7 Å². The van der Waals surface area contributed by atoms with Crippen LogP contribution in [0.15, 0.2) is 53.8 Å². The molecule has 2 heterocycles. The topological polar surface area (TPSA) is 159 Å². The average Bonchev–Trinajstić information content (AvgIpc) is 3.24. The molecule has 1 amide bonds. The van der Waals surface area contributed by atoms with Crippen LogP contribution in [-0.4, -0.2) is 48.4 Å². The van der Waals surface area contributed by atoms with Crippen LogP contribution in [-0.2, 0) is 11.2 Å². The summed E-state index contributed by atoms with van der Waals surface area (Å²) in [4.78, 5) is 28.7. The number of ether oxygens (including phenoxy) is 1. The summed E-state index contributed by atoms with van der Waals surface area (Å²) in [5, 5.41) is 22.1. The Hall–Kier alpha value is -3.99. The van der Waals surface area contributed by atoms with Gasteiger partial charge in [0.15, 0.2) is 17.1 Å². The number of hydrogen-bond donors (Lipinski definition) is 5. The molecule has 2 aromatic heterocycles. The van der Waals surface area contributed by atoms with Crippen molar-refractivity contribution in [2.24, 2.45) is 0 Å². The average molecular weight is 452 g/mol. The number of fused-ring (bicyclic) bond motifs is 1. The van der Waals surface area contributed by atoms with E-state index in [1.165, 1.54) is 37.3 Å². The minimum Gasteiger partial charge on any atom is -0.508 e. The van der Waals surface area contributed by atoms with Crippen molar-refractivity contribution in [3.05, 3.63) is 54.4 Å². The molecule has 4 rings (SSSR count). The number of amides is 1. The summed E-state index contributed by atoms with van der Waals surface area (Å²) in [6, 6.07) is 11.2. The van der Waals surface area contributed by atoms with Gasteiger partial charge in [0.1, 0.15) is 16.3 Å². The van der Waals surface area contributed by atoms with Gasteiger partial charge in [-0.3, -0.25) is 4.79 Å². The molecule has 10 nitrogen and oxygen atoms in total. The predicted octanol–water partition coefficient (Wildman–Crippen LogP) is 2.70. The van der Waals surface area contributed by atoms with E-state index < -0.39 is 5.25 Å². The van der Waals surface area contributed by atoms with E-state index in [-0.39, 0.29) is 29.1 Å². The molecule has 0 aliphatic rings. The number of thioether (sulfide) groups is 1. The molecule has 11 heteroatoms. The first-order chi connectivity index (χ1) is 15.4. The number of benzene rings is 2. The second kappa shape index (κ2) is 9.02. The summed E-state index contributed by atoms with van der Waals surface area (Å²) in [5.41, 5.74) is 8.13. The summed E-state index contributed by atoms with van der Waals surface area (Å²) in [7, 11) is 1.43. The number of H-pyrrole nitrogens is 1. The number of anilines is 2. The minimum absolute atomic E-state index is 0.0291. The number of phenolic OH excluding ortho intramolecular Hbond substituents is 2. The third kappa shape index (κ3) is 4.67. The van der Waals surface area contributed by atoms with Crippen LogP contribution in [0.3, 0.4) is 0 Å². The number of aromatic hydroxyl groups is 2. The number of carbonyl (C=O) groups is 1. The summed E-state index contributed by atoms with van der Waals surface area (Å²) in [5.74, 6) is 0.119. The number of nitrogens with one attached hydrogen (secondary N) is 2. The quantitative estimate of drug-likeness (QED) is 0.161. The Morgan fingerprint density at radius 1 is 1.22 bits per heavy atom. The Kier molecular flexibility index (Phi) is 5.99. The first-order valence-electron chi connectivity index (χ1n) is 9.52. The number of nitrogens with two attached hydrogens (primary N) is 1. The third-order valence-electron chi connectivity index (χ3n) is 4.62. The highest BCUT2D eigenvalue weighted by molar-refractivity contribution is 8.00. The maximum absolute atomic E-state index is 13.2. The summed E-state index contributed by atoms with van der Waals surface area (Å²) < 4.78 is 5.11. The van der Waals surface area contributed by atoms with E-state index in [1.807, 2.05) is 0 Å². The van der Waals surface area contributed by atoms with Crippen molar-refractivity contribution >= 4 is 40.5 Å². The van der Waals surface area contributed by atoms with Crippen LogP contribution in [0.4, 0.5) is 11.6 Å². The molecule has 1 atom stereocenters. The molecule has 0 unspecified atom stereocenters. The Bertz CT molecular complexity index is 1260. The lowest BCUT2D eigenvalue weighted by molar-refractivity contribution is -0.115. The fourth-order valence-corrected chi connectivity index (χ4v) is 4.18. The summed E-state index contributed by atoms with van der Waals surface area (Å²) in [6.07, 6.45) is 1.84. The maximum Gasteiger partial charge on any atom is 0.238 e. The number of rotatable bonds is 7. The van der Waals surface area contributed by atoms with Crippen LogP contribution in [0, 0.1) is 0 Å². The van der Waals surface area contributed by atoms with Gasteiger partial charge in [0.2, 0.25) is 11.9 Å². The molecule has 0 bridgehead atoms. The van der Waals surface area contributed by atoms with E-state index in [1.54, 1.807) is 30.3 Å². The van der Waals surface area contributed by atoms with Crippen molar-refractivity contribution in [2.45, 2.75) is 16.7 Å². The van der Waals surface area contributed by atoms with Gasteiger partial charge in [-0.2, -0.15) is 4.98 Å². The van der Waals surface area contributed by atoms with E-state index in [2.05, 4.69) is 25.3 Å². The van der Waals surface area contributed by atoms with Gasteiger partial charge in [-0.15, -0.1) is 0 Å². The molecular formula is C21H20N6O4S. The highest BCUT2D eigenvalue weighted by atomic mass is 32.2. The molecule has 0 aliphatic carbocycles. The predicted molar refractivity (Wildman–Crippen MR) is 121 cm³/mol. The van der Waals surface area contributed by atoms with Gasteiger partial charge in [-0.05, 0) is 36.2 Å². The largest absolute Gasteiger partial charge is 0.508 e. The van der Waals surface area contributed by atoms with Crippen LogP contribution in [0.25, 0.3) is 11.2 Å². The van der Waals surface area contributed by atoms with Gasteiger partial charge in [0.25, 0.3) is 0 Å². The van der Waals surface area contributed by atoms with Crippen LogP contribution in [0.5, 0.6) is 17.2 Å². The van der Waals surface area contributed by atoms with Gasteiger partial charge < -0.3 is 31.0 Å². The standard InChI is InChI=1S/C21H20N6O4S/c1-31-15-9-12(4-7-14(15)29)25-19(30)16(8-11-2-5-13(28)6-3-11)32-20-17-18(24-10-23-17)26-21(22)27-20/h2-7,9-10,16,28-29H,8H2,1H3,(H,25,30)(H3,22,23,24,26,27)/t16-/m0/s1. The number of hydrogen-bond acceptors (Lipinski definition) is 9. The van der Waals surface area contributed by atoms with Crippen molar-refractivity contribution < 1.29 is 19.7 Å². The number of phenols is 2. The van der Waals surface area contributed by atoms with E-state index in [9.17, 15) is 15.0 Å². The second-order valence-corrected chi connectivity index (χ2v) is 8.03. The molecule has 0 radical (unpaired) electrons. The number of aromatic nitrogens is 4. The molecule has 32 heavy (non-hydrogen) atoms.